The molecule has 4 heteroatoms. The molecule has 0 spiro atoms. The molecule has 0 N–H and O–H groups in total. The van der Waals surface area contributed by atoms with Gasteiger partial charge in [-0.2, -0.15) is 0 Å². The molecule has 2 rings (SSSR count). The molecule has 0 bridgehead atoms. The van der Waals surface area contributed by atoms with Gasteiger partial charge in [-0.1, -0.05) is 32.9 Å². The molecule has 1 atom stereocenters. The van der Waals surface area contributed by atoms with Gasteiger partial charge in [-0.05, 0) is 62.1 Å². The van der Waals surface area contributed by atoms with E-state index in [1.807, 2.05) is 19.1 Å². The van der Waals surface area contributed by atoms with Crippen LogP contribution in [0.2, 0.25) is 0 Å². The van der Waals surface area contributed by atoms with Gasteiger partial charge in [-0.15, -0.1) is 0 Å². The van der Waals surface area contributed by atoms with Crippen LogP contribution in [0.4, 0.5) is 0 Å². The minimum atomic E-state index is -0.486. The molecule has 0 saturated heterocycles. The zero-order valence-electron chi connectivity index (χ0n) is 15.0. The van der Waals surface area contributed by atoms with E-state index in [4.69, 9.17) is 9.47 Å². The lowest BCUT2D eigenvalue weighted by atomic mass is 9.98. The van der Waals surface area contributed by atoms with E-state index in [0.29, 0.717) is 11.5 Å². The van der Waals surface area contributed by atoms with E-state index < -0.39 is 11.9 Å². The SMILES string of the molecule is CCC(C)c1ccc(C(=O)OCC(=O)OC2(CC)CCCC2)cc1. The van der Waals surface area contributed by atoms with Crippen LogP contribution in [0, 0.1) is 0 Å². The van der Waals surface area contributed by atoms with Crippen molar-refractivity contribution in [1.82, 2.24) is 0 Å². The van der Waals surface area contributed by atoms with Crippen LogP contribution in [0.15, 0.2) is 24.3 Å². The van der Waals surface area contributed by atoms with E-state index in [2.05, 4.69) is 13.8 Å². The maximum atomic E-state index is 12.1. The van der Waals surface area contributed by atoms with Gasteiger partial charge in [0.05, 0.1) is 5.56 Å². The average molecular weight is 332 g/mol. The highest BCUT2D eigenvalue weighted by molar-refractivity contribution is 5.90. The molecule has 1 aromatic rings. The number of benzene rings is 1. The summed E-state index contributed by atoms with van der Waals surface area (Å²) < 4.78 is 10.7. The Kier molecular flexibility index (Phi) is 6.41. The molecular formula is C20H28O4. The summed E-state index contributed by atoms with van der Waals surface area (Å²) in [5.41, 5.74) is 1.31. The van der Waals surface area contributed by atoms with Crippen molar-refractivity contribution in [2.75, 3.05) is 6.61 Å². The predicted molar refractivity (Wildman–Crippen MR) is 93.0 cm³/mol. The van der Waals surface area contributed by atoms with Gasteiger partial charge in [0.1, 0.15) is 5.60 Å². The van der Waals surface area contributed by atoms with Gasteiger partial charge in [0, 0.05) is 0 Å². The summed E-state index contributed by atoms with van der Waals surface area (Å²) in [5, 5.41) is 0. The smallest absolute Gasteiger partial charge is 0.344 e. The summed E-state index contributed by atoms with van der Waals surface area (Å²) >= 11 is 0. The van der Waals surface area contributed by atoms with Gasteiger partial charge in [0.2, 0.25) is 0 Å². The lowest BCUT2D eigenvalue weighted by molar-refractivity contribution is -0.163. The lowest BCUT2D eigenvalue weighted by Crippen LogP contribution is -2.33. The number of ether oxygens (including phenoxy) is 2. The second-order valence-electron chi connectivity index (χ2n) is 6.73. The molecule has 1 fully saturated rings. The normalized spacial score (nSPS) is 17.3. The molecule has 0 aliphatic heterocycles. The summed E-state index contributed by atoms with van der Waals surface area (Å²) in [5.74, 6) is -0.482. The molecule has 0 amide bonds. The molecule has 1 aliphatic carbocycles. The van der Waals surface area contributed by atoms with Crippen molar-refractivity contribution in [2.45, 2.75) is 70.8 Å². The van der Waals surface area contributed by atoms with Crippen molar-refractivity contribution in [3.8, 4) is 0 Å². The van der Waals surface area contributed by atoms with E-state index >= 15 is 0 Å². The third-order valence-electron chi connectivity index (χ3n) is 5.14. The summed E-state index contributed by atoms with van der Waals surface area (Å²) in [6, 6.07) is 7.38. The first-order valence-electron chi connectivity index (χ1n) is 8.98. The molecule has 1 unspecified atom stereocenters. The first kappa shape index (κ1) is 18.5. The minimum Gasteiger partial charge on any atom is -0.457 e. The highest BCUT2D eigenvalue weighted by Gasteiger charge is 2.36. The average Bonchev–Trinajstić information content (AvgIpc) is 3.08. The topological polar surface area (TPSA) is 52.6 Å². The summed E-state index contributed by atoms with van der Waals surface area (Å²) in [6.07, 6.45) is 5.84. The molecule has 1 aliphatic rings. The largest absolute Gasteiger partial charge is 0.457 e. The van der Waals surface area contributed by atoms with Crippen molar-refractivity contribution < 1.29 is 19.1 Å². The monoisotopic (exact) mass is 332 g/mol. The Balaban J connectivity index is 1.85. The fourth-order valence-corrected chi connectivity index (χ4v) is 3.21. The molecule has 0 aromatic heterocycles. The zero-order chi connectivity index (χ0) is 17.6. The molecule has 4 nitrogen and oxygen atoms in total. The highest BCUT2D eigenvalue weighted by atomic mass is 16.6. The molecule has 1 aromatic carbocycles. The Hall–Kier alpha value is -1.84. The summed E-state index contributed by atoms with van der Waals surface area (Å²) in [4.78, 5) is 24.0. The van der Waals surface area contributed by atoms with E-state index in [1.165, 1.54) is 5.56 Å². The van der Waals surface area contributed by atoms with Crippen molar-refractivity contribution in [3.05, 3.63) is 35.4 Å². The quantitative estimate of drug-likeness (QED) is 0.684. The summed E-state index contributed by atoms with van der Waals surface area (Å²) in [7, 11) is 0. The van der Waals surface area contributed by atoms with Gasteiger partial charge in [0.25, 0.3) is 0 Å². The fraction of sp³-hybridized carbons (Fsp3) is 0.600. The molecule has 24 heavy (non-hydrogen) atoms. The highest BCUT2D eigenvalue weighted by Crippen LogP contribution is 2.36. The van der Waals surface area contributed by atoms with Crippen LogP contribution in [0.25, 0.3) is 0 Å². The summed E-state index contributed by atoms with van der Waals surface area (Å²) in [6.45, 7) is 5.99. The van der Waals surface area contributed by atoms with Gasteiger partial charge in [-0.25, -0.2) is 9.59 Å². The van der Waals surface area contributed by atoms with Crippen molar-refractivity contribution in [1.29, 1.82) is 0 Å². The lowest BCUT2D eigenvalue weighted by Gasteiger charge is -2.27. The second-order valence-corrected chi connectivity index (χ2v) is 6.73. The molecule has 0 heterocycles. The Morgan fingerprint density at radius 1 is 1.12 bits per heavy atom. The van der Waals surface area contributed by atoms with E-state index in [9.17, 15) is 9.59 Å². The fourth-order valence-electron chi connectivity index (χ4n) is 3.21. The maximum absolute atomic E-state index is 12.1. The van der Waals surface area contributed by atoms with E-state index in [-0.39, 0.29) is 12.2 Å². The van der Waals surface area contributed by atoms with Gasteiger partial charge in [0.15, 0.2) is 6.61 Å². The first-order valence-corrected chi connectivity index (χ1v) is 8.98. The number of rotatable bonds is 7. The molecule has 0 radical (unpaired) electrons. The Bertz CT molecular complexity index is 556. The second kappa shape index (κ2) is 8.32. The Morgan fingerprint density at radius 3 is 2.29 bits per heavy atom. The Morgan fingerprint density at radius 2 is 1.75 bits per heavy atom. The van der Waals surface area contributed by atoms with Gasteiger partial charge >= 0.3 is 11.9 Å². The number of esters is 2. The van der Waals surface area contributed by atoms with E-state index in [0.717, 1.165) is 38.5 Å². The van der Waals surface area contributed by atoms with Crippen molar-refractivity contribution in [2.24, 2.45) is 0 Å². The molecule has 132 valence electrons. The van der Waals surface area contributed by atoms with Crippen molar-refractivity contribution in [3.63, 3.8) is 0 Å². The van der Waals surface area contributed by atoms with Gasteiger partial charge < -0.3 is 9.47 Å². The predicted octanol–water partition coefficient (Wildman–Crippen LogP) is 4.62. The van der Waals surface area contributed by atoms with Crippen molar-refractivity contribution >= 4 is 11.9 Å². The van der Waals surface area contributed by atoms with Crippen LogP contribution in [-0.2, 0) is 14.3 Å². The molecule has 1 saturated carbocycles. The maximum Gasteiger partial charge on any atom is 0.344 e. The van der Waals surface area contributed by atoms with Crippen LogP contribution in [-0.4, -0.2) is 24.1 Å². The minimum absolute atomic E-state index is 0.326. The van der Waals surface area contributed by atoms with E-state index in [1.54, 1.807) is 12.1 Å². The van der Waals surface area contributed by atoms with Crippen LogP contribution in [0.3, 0.4) is 0 Å². The molecular weight excluding hydrogens is 304 g/mol. The van der Waals surface area contributed by atoms with Gasteiger partial charge in [-0.3, -0.25) is 0 Å². The number of hydrogen-bond acceptors (Lipinski definition) is 4. The third kappa shape index (κ3) is 4.59. The number of carbonyl (C=O) groups excluding carboxylic acids is 2. The van der Waals surface area contributed by atoms with Crippen LogP contribution in [0.1, 0.15) is 81.1 Å². The zero-order valence-corrected chi connectivity index (χ0v) is 15.0. The Labute approximate surface area is 144 Å². The third-order valence-corrected chi connectivity index (χ3v) is 5.14. The standard InChI is InChI=1S/C20H28O4/c1-4-15(3)16-8-10-17(11-9-16)19(22)23-14-18(21)24-20(5-2)12-6-7-13-20/h8-11,15H,4-7,12-14H2,1-3H3. The number of hydrogen-bond donors (Lipinski definition) is 0. The van der Waals surface area contributed by atoms with Crippen LogP contribution in [0.5, 0.6) is 0 Å². The van der Waals surface area contributed by atoms with Crippen LogP contribution < -0.4 is 0 Å². The first-order chi connectivity index (χ1) is 11.5. The van der Waals surface area contributed by atoms with Crippen LogP contribution >= 0.6 is 0 Å². The number of carbonyl (C=O) groups is 2.